The number of amides is 2. The lowest BCUT2D eigenvalue weighted by molar-refractivity contribution is -0.137. The first-order chi connectivity index (χ1) is 13.4. The van der Waals surface area contributed by atoms with Crippen molar-refractivity contribution in [3.05, 3.63) is 56.8 Å². The van der Waals surface area contributed by atoms with E-state index in [2.05, 4.69) is 4.74 Å². The van der Waals surface area contributed by atoms with Crippen LogP contribution in [0.4, 0.5) is 22.4 Å². The SMILES string of the molecule is CCOC(=O)NC(=O)c1cc(Oc2c(F)cc(C(F)(F)F)cc2Cl)cc(C)c1Cl. The van der Waals surface area contributed by atoms with Crippen LogP contribution in [0, 0.1) is 12.7 Å². The number of nitrogens with one attached hydrogen (secondary N) is 1. The standard InChI is InChI=1S/C18H13Cl2F4NO4/c1-3-28-17(27)25-16(26)11-7-10(4-8(2)14(11)20)29-15-12(19)5-9(6-13(15)21)18(22,23)24/h4-7H,3H2,1-2H3,(H,25,26,27). The van der Waals surface area contributed by atoms with Crippen LogP contribution in [0.5, 0.6) is 11.5 Å². The van der Waals surface area contributed by atoms with Crippen LogP contribution in [0.1, 0.15) is 28.4 Å². The Hall–Kier alpha value is -2.52. The van der Waals surface area contributed by atoms with Crippen molar-refractivity contribution in [1.82, 2.24) is 5.32 Å². The van der Waals surface area contributed by atoms with Crippen molar-refractivity contribution >= 4 is 35.2 Å². The van der Waals surface area contributed by atoms with Gasteiger partial charge in [0.1, 0.15) is 5.75 Å². The van der Waals surface area contributed by atoms with Crippen LogP contribution < -0.4 is 10.1 Å². The summed E-state index contributed by atoms with van der Waals surface area (Å²) in [5.74, 6) is -3.07. The van der Waals surface area contributed by atoms with Crippen molar-refractivity contribution in [3.63, 3.8) is 0 Å². The van der Waals surface area contributed by atoms with Crippen molar-refractivity contribution in [2.45, 2.75) is 20.0 Å². The molecule has 2 amide bonds. The third-order valence-corrected chi connectivity index (χ3v) is 4.29. The minimum absolute atomic E-state index is 0.0156. The molecular formula is C18H13Cl2F4NO4. The summed E-state index contributed by atoms with van der Waals surface area (Å²) in [6.45, 7) is 3.07. The highest BCUT2D eigenvalue weighted by Crippen LogP contribution is 2.39. The van der Waals surface area contributed by atoms with Gasteiger partial charge in [0.25, 0.3) is 5.91 Å². The lowest BCUT2D eigenvalue weighted by atomic mass is 10.1. The molecule has 0 fully saturated rings. The number of alkyl carbamates (subject to hydrolysis) is 1. The number of hydrogen-bond donors (Lipinski definition) is 1. The minimum Gasteiger partial charge on any atom is -0.453 e. The molecule has 0 bridgehead atoms. The molecule has 2 aromatic rings. The van der Waals surface area contributed by atoms with E-state index in [1.54, 1.807) is 0 Å². The molecule has 0 unspecified atom stereocenters. The second kappa shape index (κ2) is 8.87. The molecule has 0 aromatic heterocycles. The van der Waals surface area contributed by atoms with Crippen LogP contribution in [0.25, 0.3) is 0 Å². The van der Waals surface area contributed by atoms with E-state index in [1.807, 2.05) is 5.32 Å². The number of ether oxygens (including phenoxy) is 2. The molecule has 29 heavy (non-hydrogen) atoms. The van der Waals surface area contributed by atoms with Gasteiger partial charge in [-0.3, -0.25) is 10.1 Å². The maximum atomic E-state index is 14.1. The number of halogens is 6. The quantitative estimate of drug-likeness (QED) is 0.564. The van der Waals surface area contributed by atoms with Gasteiger partial charge in [-0.2, -0.15) is 13.2 Å². The molecule has 0 spiro atoms. The second-order valence-corrected chi connectivity index (χ2v) is 6.43. The number of aryl methyl sites for hydroxylation is 1. The van der Waals surface area contributed by atoms with Gasteiger partial charge in [0.2, 0.25) is 0 Å². The molecule has 0 saturated heterocycles. The lowest BCUT2D eigenvalue weighted by Gasteiger charge is -2.14. The van der Waals surface area contributed by atoms with Gasteiger partial charge < -0.3 is 9.47 Å². The zero-order valence-electron chi connectivity index (χ0n) is 14.9. The van der Waals surface area contributed by atoms with Crippen LogP contribution in [0.3, 0.4) is 0 Å². The van der Waals surface area contributed by atoms with Gasteiger partial charge in [0.05, 0.1) is 27.8 Å². The number of hydrogen-bond acceptors (Lipinski definition) is 4. The molecule has 2 rings (SSSR count). The number of alkyl halides is 3. The van der Waals surface area contributed by atoms with Gasteiger partial charge >= 0.3 is 12.3 Å². The lowest BCUT2D eigenvalue weighted by Crippen LogP contribution is -2.31. The predicted molar refractivity (Wildman–Crippen MR) is 97.2 cm³/mol. The zero-order chi connectivity index (χ0) is 21.9. The normalized spacial score (nSPS) is 11.2. The highest BCUT2D eigenvalue weighted by molar-refractivity contribution is 6.35. The maximum Gasteiger partial charge on any atom is 0.416 e. The van der Waals surface area contributed by atoms with Crippen LogP contribution in [0.2, 0.25) is 10.0 Å². The molecule has 5 nitrogen and oxygen atoms in total. The smallest absolute Gasteiger partial charge is 0.416 e. The summed E-state index contributed by atoms with van der Waals surface area (Å²) < 4.78 is 62.2. The first kappa shape index (κ1) is 22.8. The van der Waals surface area contributed by atoms with E-state index in [0.717, 1.165) is 6.07 Å². The van der Waals surface area contributed by atoms with Gasteiger partial charge in [-0.25, -0.2) is 9.18 Å². The van der Waals surface area contributed by atoms with E-state index < -0.39 is 40.3 Å². The Kier molecular flexibility index (Phi) is 6.97. The predicted octanol–water partition coefficient (Wildman–Crippen LogP) is 6.14. The summed E-state index contributed by atoms with van der Waals surface area (Å²) in [4.78, 5) is 23.6. The molecule has 0 heterocycles. The van der Waals surface area contributed by atoms with Gasteiger partial charge in [-0.15, -0.1) is 0 Å². The van der Waals surface area contributed by atoms with Gasteiger partial charge in [-0.05, 0) is 43.7 Å². The van der Waals surface area contributed by atoms with Crippen molar-refractivity contribution in [1.29, 1.82) is 0 Å². The fourth-order valence-electron chi connectivity index (χ4n) is 2.23. The van der Waals surface area contributed by atoms with E-state index in [0.29, 0.717) is 11.6 Å². The Morgan fingerprint density at radius 1 is 1.14 bits per heavy atom. The third kappa shape index (κ3) is 5.51. The zero-order valence-corrected chi connectivity index (χ0v) is 16.4. The highest BCUT2D eigenvalue weighted by atomic mass is 35.5. The van der Waals surface area contributed by atoms with Crippen LogP contribution >= 0.6 is 23.2 Å². The largest absolute Gasteiger partial charge is 0.453 e. The van der Waals surface area contributed by atoms with Crippen LogP contribution in [-0.4, -0.2) is 18.6 Å². The molecule has 2 aromatic carbocycles. The summed E-state index contributed by atoms with van der Waals surface area (Å²) in [6, 6.07) is 3.14. The summed E-state index contributed by atoms with van der Waals surface area (Å²) in [5.41, 5.74) is -1.16. The number of carbonyl (C=O) groups is 2. The number of benzene rings is 2. The Balaban J connectivity index is 2.39. The van der Waals surface area contributed by atoms with Crippen LogP contribution in [0.15, 0.2) is 24.3 Å². The molecule has 0 atom stereocenters. The van der Waals surface area contributed by atoms with Crippen LogP contribution in [-0.2, 0) is 10.9 Å². The molecule has 0 aliphatic carbocycles. The fourth-order valence-corrected chi connectivity index (χ4v) is 2.67. The summed E-state index contributed by atoms with van der Waals surface area (Å²) in [5, 5.41) is 1.30. The average molecular weight is 454 g/mol. The number of rotatable bonds is 4. The summed E-state index contributed by atoms with van der Waals surface area (Å²) in [6.07, 6.45) is -5.80. The molecular weight excluding hydrogens is 441 g/mol. The van der Waals surface area contributed by atoms with Crippen molar-refractivity contribution in [2.24, 2.45) is 0 Å². The molecule has 0 aliphatic rings. The Morgan fingerprint density at radius 2 is 1.79 bits per heavy atom. The number of imide groups is 1. The maximum absolute atomic E-state index is 14.1. The van der Waals surface area contributed by atoms with E-state index in [1.165, 1.54) is 19.9 Å². The summed E-state index contributed by atoms with van der Waals surface area (Å²) in [7, 11) is 0. The van der Waals surface area contributed by atoms with Gasteiger partial charge in [0, 0.05) is 0 Å². The molecule has 11 heteroatoms. The average Bonchev–Trinajstić information content (AvgIpc) is 2.59. The third-order valence-electron chi connectivity index (χ3n) is 3.51. The van der Waals surface area contributed by atoms with Crippen molar-refractivity contribution in [3.8, 4) is 11.5 Å². The summed E-state index contributed by atoms with van der Waals surface area (Å²) >= 11 is 11.8. The monoisotopic (exact) mass is 453 g/mol. The fraction of sp³-hybridized carbons (Fsp3) is 0.222. The molecule has 0 aliphatic heterocycles. The molecule has 0 saturated carbocycles. The van der Waals surface area contributed by atoms with Gasteiger partial charge in [-0.1, -0.05) is 23.2 Å². The highest BCUT2D eigenvalue weighted by Gasteiger charge is 2.32. The molecule has 156 valence electrons. The van der Waals surface area contributed by atoms with E-state index in [4.69, 9.17) is 27.9 Å². The topological polar surface area (TPSA) is 64.6 Å². The van der Waals surface area contributed by atoms with Gasteiger partial charge in [0.15, 0.2) is 11.6 Å². The van der Waals surface area contributed by atoms with E-state index in [-0.39, 0.29) is 29.0 Å². The van der Waals surface area contributed by atoms with E-state index >= 15 is 0 Å². The molecule has 0 radical (unpaired) electrons. The number of carbonyl (C=O) groups excluding carboxylic acids is 2. The Bertz CT molecular complexity index is 941. The Labute approximate surface area is 172 Å². The minimum atomic E-state index is -4.79. The van der Waals surface area contributed by atoms with Crippen molar-refractivity contribution < 1.29 is 36.6 Å². The van der Waals surface area contributed by atoms with Crippen molar-refractivity contribution in [2.75, 3.05) is 6.61 Å². The first-order valence-corrected chi connectivity index (χ1v) is 8.72. The first-order valence-electron chi connectivity index (χ1n) is 7.96. The second-order valence-electron chi connectivity index (χ2n) is 5.65. The van der Waals surface area contributed by atoms with E-state index in [9.17, 15) is 27.2 Å². The Morgan fingerprint density at radius 3 is 2.34 bits per heavy atom. The molecule has 1 N–H and O–H groups in total.